The van der Waals surface area contributed by atoms with Crippen molar-refractivity contribution < 1.29 is 14.3 Å². The predicted molar refractivity (Wildman–Crippen MR) is 123 cm³/mol. The molecule has 0 saturated heterocycles. The summed E-state index contributed by atoms with van der Waals surface area (Å²) in [5.74, 6) is 0.345. The third-order valence-corrected chi connectivity index (χ3v) is 4.68. The quantitative estimate of drug-likeness (QED) is 0.298. The van der Waals surface area contributed by atoms with Gasteiger partial charge in [0.2, 0.25) is 0 Å². The Labute approximate surface area is 187 Å². The number of carbonyl (C=O) groups is 1. The molecule has 3 aromatic rings. The molecule has 0 saturated carbocycles. The van der Waals surface area contributed by atoms with Gasteiger partial charge in [0.15, 0.2) is 0 Å². The zero-order valence-corrected chi connectivity index (χ0v) is 18.2. The number of nitrogens with one attached hydrogen (secondary N) is 1. The van der Waals surface area contributed by atoms with Crippen LogP contribution >= 0.6 is 0 Å². The molecule has 164 valence electrons. The number of amides is 1. The highest BCUT2D eigenvalue weighted by atomic mass is 16.5. The van der Waals surface area contributed by atoms with E-state index in [2.05, 4.69) is 5.32 Å². The maximum absolute atomic E-state index is 12.5. The third kappa shape index (κ3) is 5.84. The van der Waals surface area contributed by atoms with Crippen LogP contribution in [0.25, 0.3) is 23.0 Å². The van der Waals surface area contributed by atoms with E-state index in [1.54, 1.807) is 17.9 Å². The minimum absolute atomic E-state index is 0.0159. The molecule has 1 heterocycles. The molecule has 0 aliphatic rings. The molecular weight excluding hydrogens is 404 g/mol. The van der Waals surface area contributed by atoms with Crippen molar-refractivity contribution in [2.24, 2.45) is 0 Å². The molecule has 2 aromatic carbocycles. The van der Waals surface area contributed by atoms with Gasteiger partial charge in [0.25, 0.3) is 5.91 Å². The molecule has 3 rings (SSSR count). The normalized spacial score (nSPS) is 11.1. The minimum atomic E-state index is -0.422. The number of aromatic nitrogens is 2. The fourth-order valence-corrected chi connectivity index (χ4v) is 3.12. The highest BCUT2D eigenvalue weighted by molar-refractivity contribution is 6.02. The van der Waals surface area contributed by atoms with Gasteiger partial charge in [-0.2, -0.15) is 10.4 Å². The van der Waals surface area contributed by atoms with Crippen LogP contribution < -0.4 is 10.1 Å². The monoisotopic (exact) mass is 430 g/mol. The van der Waals surface area contributed by atoms with Gasteiger partial charge in [-0.25, -0.2) is 4.68 Å². The number of benzene rings is 2. The second kappa shape index (κ2) is 11.5. The van der Waals surface area contributed by atoms with E-state index in [0.29, 0.717) is 37.4 Å². The van der Waals surface area contributed by atoms with E-state index in [1.807, 2.05) is 73.8 Å². The van der Waals surface area contributed by atoms with Crippen molar-refractivity contribution in [3.8, 4) is 28.8 Å². The fraction of sp³-hybridized carbons (Fsp3) is 0.240. The van der Waals surface area contributed by atoms with E-state index in [0.717, 1.165) is 17.0 Å². The van der Waals surface area contributed by atoms with Crippen LogP contribution in [-0.4, -0.2) is 42.6 Å². The number of carbonyl (C=O) groups excluding carboxylic acids is 1. The lowest BCUT2D eigenvalue weighted by Gasteiger charge is -2.05. The van der Waals surface area contributed by atoms with Gasteiger partial charge in [0.1, 0.15) is 17.4 Å². The summed E-state index contributed by atoms with van der Waals surface area (Å²) < 4.78 is 12.3. The Bertz CT molecular complexity index is 1100. The van der Waals surface area contributed by atoms with Gasteiger partial charge < -0.3 is 14.8 Å². The van der Waals surface area contributed by atoms with Crippen LogP contribution in [0.4, 0.5) is 0 Å². The summed E-state index contributed by atoms with van der Waals surface area (Å²) in [5, 5.41) is 17.1. The molecule has 32 heavy (non-hydrogen) atoms. The van der Waals surface area contributed by atoms with Crippen LogP contribution in [0.5, 0.6) is 5.75 Å². The molecule has 0 bridgehead atoms. The minimum Gasteiger partial charge on any atom is -0.494 e. The number of nitriles is 1. The molecule has 0 unspecified atom stereocenters. The van der Waals surface area contributed by atoms with Crippen LogP contribution in [0.2, 0.25) is 0 Å². The van der Waals surface area contributed by atoms with Gasteiger partial charge in [0, 0.05) is 37.6 Å². The molecule has 1 N–H and O–H groups in total. The van der Waals surface area contributed by atoms with Crippen molar-refractivity contribution in [1.29, 1.82) is 5.26 Å². The lowest BCUT2D eigenvalue weighted by molar-refractivity contribution is -0.117. The number of ether oxygens (including phenoxy) is 2. The topological polar surface area (TPSA) is 89.2 Å². The smallest absolute Gasteiger partial charge is 0.261 e. The molecule has 1 aromatic heterocycles. The Hall–Kier alpha value is -3.89. The van der Waals surface area contributed by atoms with Crippen molar-refractivity contribution in [2.45, 2.75) is 13.3 Å². The van der Waals surface area contributed by atoms with Crippen LogP contribution in [-0.2, 0) is 9.53 Å². The van der Waals surface area contributed by atoms with E-state index in [9.17, 15) is 10.1 Å². The standard InChI is InChI=1S/C25H26N4O3/c1-3-32-23-12-10-19(11-13-23)24-21(18-29(28-24)22-8-5-4-6-9-22)16-20(17-26)25(30)27-14-7-15-31-2/h4-6,8-13,16,18H,3,7,14-15H2,1-2H3,(H,27,30)/b20-16+. The number of hydrogen-bond acceptors (Lipinski definition) is 5. The summed E-state index contributed by atoms with van der Waals surface area (Å²) in [5.41, 5.74) is 3.08. The van der Waals surface area contributed by atoms with Crippen molar-refractivity contribution in [2.75, 3.05) is 26.9 Å². The second-order valence-corrected chi connectivity index (χ2v) is 6.94. The number of rotatable bonds is 10. The first-order chi connectivity index (χ1) is 15.7. The van der Waals surface area contributed by atoms with Crippen LogP contribution in [0.15, 0.2) is 66.4 Å². The zero-order chi connectivity index (χ0) is 22.8. The highest BCUT2D eigenvalue weighted by Gasteiger charge is 2.15. The molecule has 0 spiro atoms. The average molecular weight is 431 g/mol. The summed E-state index contributed by atoms with van der Waals surface area (Å²) in [7, 11) is 1.61. The highest BCUT2D eigenvalue weighted by Crippen LogP contribution is 2.27. The summed E-state index contributed by atoms with van der Waals surface area (Å²) in [6.45, 7) is 3.49. The molecule has 0 aliphatic carbocycles. The van der Waals surface area contributed by atoms with Crippen molar-refractivity contribution in [1.82, 2.24) is 15.1 Å². The van der Waals surface area contributed by atoms with Crippen molar-refractivity contribution in [3.05, 3.63) is 71.9 Å². The van der Waals surface area contributed by atoms with Gasteiger partial charge in [0.05, 0.1) is 18.0 Å². The summed E-state index contributed by atoms with van der Waals surface area (Å²) in [4.78, 5) is 12.5. The molecule has 0 aliphatic heterocycles. The summed E-state index contributed by atoms with van der Waals surface area (Å²) >= 11 is 0. The molecule has 0 atom stereocenters. The first-order valence-electron chi connectivity index (χ1n) is 10.4. The van der Waals surface area contributed by atoms with Gasteiger partial charge >= 0.3 is 0 Å². The molecular formula is C25H26N4O3. The average Bonchev–Trinajstić information content (AvgIpc) is 3.25. The summed E-state index contributed by atoms with van der Waals surface area (Å²) in [6, 6.07) is 19.3. The number of nitrogens with zero attached hydrogens (tertiary/aromatic N) is 3. The van der Waals surface area contributed by atoms with Crippen LogP contribution in [0.3, 0.4) is 0 Å². The predicted octanol–water partition coefficient (Wildman–Crippen LogP) is 4.00. The van der Waals surface area contributed by atoms with Gasteiger partial charge in [-0.3, -0.25) is 4.79 Å². The Kier molecular flexibility index (Phi) is 8.18. The molecule has 7 heteroatoms. The van der Waals surface area contributed by atoms with E-state index >= 15 is 0 Å². The maximum atomic E-state index is 12.5. The van der Waals surface area contributed by atoms with Gasteiger partial charge in [-0.1, -0.05) is 18.2 Å². The Morgan fingerprint density at radius 1 is 1.19 bits per heavy atom. The van der Waals surface area contributed by atoms with E-state index < -0.39 is 5.91 Å². The molecule has 0 radical (unpaired) electrons. The van der Waals surface area contributed by atoms with E-state index in [1.165, 1.54) is 0 Å². The fourth-order valence-electron chi connectivity index (χ4n) is 3.12. The first kappa shape index (κ1) is 22.8. The Morgan fingerprint density at radius 3 is 2.59 bits per heavy atom. The molecule has 1 amide bonds. The molecule has 7 nitrogen and oxygen atoms in total. The second-order valence-electron chi connectivity index (χ2n) is 6.94. The zero-order valence-electron chi connectivity index (χ0n) is 18.2. The Morgan fingerprint density at radius 2 is 1.94 bits per heavy atom. The lowest BCUT2D eigenvalue weighted by Crippen LogP contribution is -2.26. The first-order valence-corrected chi connectivity index (χ1v) is 10.4. The van der Waals surface area contributed by atoms with E-state index in [4.69, 9.17) is 14.6 Å². The van der Waals surface area contributed by atoms with Crippen LogP contribution in [0, 0.1) is 11.3 Å². The lowest BCUT2D eigenvalue weighted by atomic mass is 10.1. The van der Waals surface area contributed by atoms with Crippen LogP contribution in [0.1, 0.15) is 18.9 Å². The SMILES string of the molecule is CCOc1ccc(-c2nn(-c3ccccc3)cc2/C=C(\C#N)C(=O)NCCCOC)cc1. The maximum Gasteiger partial charge on any atom is 0.261 e. The number of hydrogen-bond donors (Lipinski definition) is 1. The number of methoxy groups -OCH3 is 1. The molecule has 0 fully saturated rings. The van der Waals surface area contributed by atoms with Crippen molar-refractivity contribution >= 4 is 12.0 Å². The van der Waals surface area contributed by atoms with Gasteiger partial charge in [-0.15, -0.1) is 0 Å². The largest absolute Gasteiger partial charge is 0.494 e. The number of para-hydroxylation sites is 1. The van der Waals surface area contributed by atoms with E-state index in [-0.39, 0.29) is 5.57 Å². The Balaban J connectivity index is 1.97. The van der Waals surface area contributed by atoms with Gasteiger partial charge in [-0.05, 0) is 55.8 Å². The summed E-state index contributed by atoms with van der Waals surface area (Å²) in [6.07, 6.45) is 4.06. The van der Waals surface area contributed by atoms with Crippen molar-refractivity contribution in [3.63, 3.8) is 0 Å². The third-order valence-electron chi connectivity index (χ3n) is 4.68.